The van der Waals surface area contributed by atoms with Crippen LogP contribution in [-0.2, 0) is 6.42 Å². The van der Waals surface area contributed by atoms with Gasteiger partial charge in [0.15, 0.2) is 0 Å². The van der Waals surface area contributed by atoms with Crippen LogP contribution in [0.25, 0.3) is 0 Å². The van der Waals surface area contributed by atoms with Crippen molar-refractivity contribution in [3.63, 3.8) is 0 Å². The zero-order valence-electron chi connectivity index (χ0n) is 9.93. The third kappa shape index (κ3) is 2.74. The van der Waals surface area contributed by atoms with Crippen molar-refractivity contribution in [1.82, 2.24) is 14.9 Å². The van der Waals surface area contributed by atoms with E-state index in [-0.39, 0.29) is 5.91 Å². The predicted octanol–water partition coefficient (Wildman–Crippen LogP) is 2.09. The van der Waals surface area contributed by atoms with Crippen LogP contribution in [0.2, 0.25) is 0 Å². The highest BCUT2D eigenvalue weighted by Gasteiger charge is 2.12. The average molecular weight is 249 g/mol. The summed E-state index contributed by atoms with van der Waals surface area (Å²) < 4.78 is 0. The second-order valence-electron chi connectivity index (χ2n) is 3.94. The van der Waals surface area contributed by atoms with Gasteiger partial charge in [-0.05, 0) is 13.0 Å². The van der Waals surface area contributed by atoms with Crippen molar-refractivity contribution < 1.29 is 4.79 Å². The zero-order chi connectivity index (χ0) is 12.3. The lowest BCUT2D eigenvalue weighted by atomic mass is 10.2. The third-order valence-corrected chi connectivity index (χ3v) is 3.71. The van der Waals surface area contributed by atoms with Gasteiger partial charge in [0.2, 0.25) is 0 Å². The van der Waals surface area contributed by atoms with E-state index in [1.165, 1.54) is 4.88 Å². The van der Waals surface area contributed by atoms with Crippen LogP contribution in [0.4, 0.5) is 0 Å². The number of nitrogens with zero attached hydrogens (tertiary/aromatic N) is 2. The van der Waals surface area contributed by atoms with Gasteiger partial charge in [0, 0.05) is 37.3 Å². The first-order valence-electron chi connectivity index (χ1n) is 5.45. The Morgan fingerprint density at radius 3 is 3.00 bits per heavy atom. The zero-order valence-corrected chi connectivity index (χ0v) is 10.8. The molecule has 2 aromatic heterocycles. The summed E-state index contributed by atoms with van der Waals surface area (Å²) in [6, 6.07) is 1.79. The van der Waals surface area contributed by atoms with E-state index < -0.39 is 0 Å². The first-order chi connectivity index (χ1) is 8.18. The molecule has 0 aliphatic heterocycles. The fourth-order valence-electron chi connectivity index (χ4n) is 1.61. The number of rotatable bonds is 4. The van der Waals surface area contributed by atoms with Gasteiger partial charge in [-0.1, -0.05) is 0 Å². The number of nitrogens with one attached hydrogen (secondary N) is 1. The first-order valence-corrected chi connectivity index (χ1v) is 6.33. The standard InChI is InChI=1S/C12H15N3OS/c1-9-11(17-8-14-9)4-6-15(2)12(16)10-3-5-13-7-10/h3,5,7-8,13H,4,6H2,1-2H3. The summed E-state index contributed by atoms with van der Waals surface area (Å²) in [4.78, 5) is 22.0. The number of aromatic nitrogens is 2. The van der Waals surface area contributed by atoms with E-state index in [9.17, 15) is 4.79 Å². The molecular formula is C12H15N3OS. The Morgan fingerprint density at radius 2 is 2.41 bits per heavy atom. The molecule has 0 aromatic carbocycles. The minimum atomic E-state index is 0.0495. The monoisotopic (exact) mass is 249 g/mol. The maximum absolute atomic E-state index is 11.9. The lowest BCUT2D eigenvalue weighted by Crippen LogP contribution is -2.28. The fourth-order valence-corrected chi connectivity index (χ4v) is 2.38. The first kappa shape index (κ1) is 11.9. The van der Waals surface area contributed by atoms with Crippen LogP contribution in [0.3, 0.4) is 0 Å². The summed E-state index contributed by atoms with van der Waals surface area (Å²) in [6.45, 7) is 2.72. The van der Waals surface area contributed by atoms with Crippen molar-refractivity contribution in [2.75, 3.05) is 13.6 Å². The molecule has 2 heterocycles. The van der Waals surface area contributed by atoms with Gasteiger partial charge in [-0.3, -0.25) is 4.79 Å². The molecule has 0 saturated carbocycles. The molecule has 1 amide bonds. The molecule has 0 saturated heterocycles. The van der Waals surface area contributed by atoms with Gasteiger partial charge in [0.25, 0.3) is 5.91 Å². The molecule has 0 fully saturated rings. The number of H-pyrrole nitrogens is 1. The molecule has 2 rings (SSSR count). The number of carbonyl (C=O) groups is 1. The summed E-state index contributed by atoms with van der Waals surface area (Å²) in [6.07, 6.45) is 4.34. The minimum absolute atomic E-state index is 0.0495. The van der Waals surface area contributed by atoms with Gasteiger partial charge in [-0.25, -0.2) is 4.98 Å². The molecule has 4 nitrogen and oxygen atoms in total. The van der Waals surface area contributed by atoms with Crippen LogP contribution in [0.15, 0.2) is 24.0 Å². The molecule has 0 bridgehead atoms. The molecule has 0 atom stereocenters. The normalized spacial score (nSPS) is 10.5. The molecule has 2 aromatic rings. The number of hydrogen-bond acceptors (Lipinski definition) is 3. The molecule has 0 spiro atoms. The van der Waals surface area contributed by atoms with Gasteiger partial charge < -0.3 is 9.88 Å². The van der Waals surface area contributed by atoms with Crippen LogP contribution >= 0.6 is 11.3 Å². The lowest BCUT2D eigenvalue weighted by molar-refractivity contribution is 0.0797. The van der Waals surface area contributed by atoms with Gasteiger partial charge >= 0.3 is 0 Å². The summed E-state index contributed by atoms with van der Waals surface area (Å²) >= 11 is 1.65. The summed E-state index contributed by atoms with van der Waals surface area (Å²) in [5.41, 5.74) is 3.62. The van der Waals surface area contributed by atoms with Crippen LogP contribution in [-0.4, -0.2) is 34.4 Å². The van der Waals surface area contributed by atoms with Crippen molar-refractivity contribution >= 4 is 17.2 Å². The van der Waals surface area contributed by atoms with Crippen LogP contribution in [0.1, 0.15) is 20.9 Å². The van der Waals surface area contributed by atoms with Crippen molar-refractivity contribution in [2.45, 2.75) is 13.3 Å². The number of carbonyl (C=O) groups excluding carboxylic acids is 1. The van der Waals surface area contributed by atoms with Crippen molar-refractivity contribution in [3.8, 4) is 0 Å². The number of likely N-dealkylation sites (N-methyl/N-ethyl adjacent to an activating group) is 1. The molecule has 0 aliphatic carbocycles. The molecule has 0 aliphatic rings. The van der Waals surface area contributed by atoms with Gasteiger partial charge in [-0.15, -0.1) is 11.3 Å². The summed E-state index contributed by atoms with van der Waals surface area (Å²) in [5, 5.41) is 0. The topological polar surface area (TPSA) is 49.0 Å². The highest BCUT2D eigenvalue weighted by atomic mass is 32.1. The number of thiazole rings is 1. The van der Waals surface area contributed by atoms with E-state index >= 15 is 0 Å². The average Bonchev–Trinajstić information content (AvgIpc) is 2.96. The Bertz CT molecular complexity index is 490. The highest BCUT2D eigenvalue weighted by molar-refractivity contribution is 7.09. The van der Waals surface area contributed by atoms with E-state index in [0.29, 0.717) is 12.1 Å². The Balaban J connectivity index is 1.92. The van der Waals surface area contributed by atoms with Gasteiger partial charge in [0.1, 0.15) is 0 Å². The number of aromatic amines is 1. The molecule has 1 N–H and O–H groups in total. The van der Waals surface area contributed by atoms with E-state index in [0.717, 1.165) is 12.1 Å². The Labute approximate surface area is 104 Å². The van der Waals surface area contributed by atoms with E-state index in [1.54, 1.807) is 34.7 Å². The van der Waals surface area contributed by atoms with Crippen molar-refractivity contribution in [2.24, 2.45) is 0 Å². The Hall–Kier alpha value is -1.62. The van der Waals surface area contributed by atoms with Crippen LogP contribution < -0.4 is 0 Å². The summed E-state index contributed by atoms with van der Waals surface area (Å²) in [5.74, 6) is 0.0495. The minimum Gasteiger partial charge on any atom is -0.367 e. The van der Waals surface area contributed by atoms with Crippen molar-refractivity contribution in [3.05, 3.63) is 40.1 Å². The SMILES string of the molecule is Cc1ncsc1CCN(C)C(=O)c1cc[nH]c1. The Morgan fingerprint density at radius 1 is 1.59 bits per heavy atom. The number of hydrogen-bond donors (Lipinski definition) is 1. The van der Waals surface area contributed by atoms with E-state index in [4.69, 9.17) is 0 Å². The number of aryl methyl sites for hydroxylation is 1. The molecule has 90 valence electrons. The Kier molecular flexibility index (Phi) is 3.58. The second-order valence-corrected chi connectivity index (χ2v) is 4.88. The molecule has 17 heavy (non-hydrogen) atoms. The third-order valence-electron chi connectivity index (χ3n) is 2.71. The fraction of sp³-hybridized carbons (Fsp3) is 0.333. The largest absolute Gasteiger partial charge is 0.367 e. The van der Waals surface area contributed by atoms with Crippen LogP contribution in [0, 0.1) is 6.92 Å². The van der Waals surface area contributed by atoms with E-state index in [2.05, 4.69) is 9.97 Å². The molecule has 0 radical (unpaired) electrons. The number of amides is 1. The maximum atomic E-state index is 11.9. The van der Waals surface area contributed by atoms with Gasteiger partial charge in [0.05, 0.1) is 16.8 Å². The quantitative estimate of drug-likeness (QED) is 0.902. The van der Waals surface area contributed by atoms with E-state index in [1.807, 2.05) is 19.5 Å². The van der Waals surface area contributed by atoms with Crippen LogP contribution in [0.5, 0.6) is 0 Å². The molecular weight excluding hydrogens is 234 g/mol. The predicted molar refractivity (Wildman–Crippen MR) is 68.3 cm³/mol. The summed E-state index contributed by atoms with van der Waals surface area (Å²) in [7, 11) is 1.83. The van der Waals surface area contributed by atoms with Crippen molar-refractivity contribution in [1.29, 1.82) is 0 Å². The second kappa shape index (κ2) is 5.14. The van der Waals surface area contributed by atoms with Gasteiger partial charge in [-0.2, -0.15) is 0 Å². The smallest absolute Gasteiger partial charge is 0.255 e. The molecule has 0 unspecified atom stereocenters. The highest BCUT2D eigenvalue weighted by Crippen LogP contribution is 2.13. The molecule has 5 heteroatoms. The lowest BCUT2D eigenvalue weighted by Gasteiger charge is -2.15. The maximum Gasteiger partial charge on any atom is 0.255 e.